The van der Waals surface area contributed by atoms with Crippen LogP contribution in [0.5, 0.6) is 5.75 Å². The third kappa shape index (κ3) is 2.47. The van der Waals surface area contributed by atoms with E-state index < -0.39 is 4.92 Å². The Morgan fingerprint density at radius 2 is 2.25 bits per heavy atom. The smallest absolute Gasteiger partial charge is 0.310 e. The summed E-state index contributed by atoms with van der Waals surface area (Å²) in [5, 5.41) is 13.2. The Bertz CT molecular complexity index is 417. The average Bonchev–Trinajstić information content (AvgIpc) is 2.28. The molecule has 0 heterocycles. The van der Waals surface area contributed by atoms with Crippen LogP contribution in [-0.2, 0) is 0 Å². The van der Waals surface area contributed by atoms with Crippen LogP contribution in [0.1, 0.15) is 17.3 Å². The predicted octanol–water partition coefficient (Wildman–Crippen LogP) is 1.35. The van der Waals surface area contributed by atoms with Crippen LogP contribution < -0.4 is 10.1 Å². The molecule has 0 aromatic heterocycles. The van der Waals surface area contributed by atoms with Crippen molar-refractivity contribution in [3.8, 4) is 5.75 Å². The van der Waals surface area contributed by atoms with Crippen molar-refractivity contribution in [2.45, 2.75) is 6.92 Å². The van der Waals surface area contributed by atoms with E-state index in [0.29, 0.717) is 12.1 Å². The molecule has 1 aromatic carbocycles. The third-order valence-electron chi connectivity index (χ3n) is 1.98. The lowest BCUT2D eigenvalue weighted by atomic mass is 10.2. The van der Waals surface area contributed by atoms with Gasteiger partial charge in [-0.25, -0.2) is 0 Å². The molecule has 1 amide bonds. The molecule has 86 valence electrons. The molecule has 0 spiro atoms. The van der Waals surface area contributed by atoms with E-state index in [4.69, 9.17) is 4.74 Å². The third-order valence-corrected chi connectivity index (χ3v) is 1.98. The lowest BCUT2D eigenvalue weighted by molar-refractivity contribution is -0.385. The number of rotatable bonds is 4. The number of methoxy groups -OCH3 is 1. The first-order valence-corrected chi connectivity index (χ1v) is 4.70. The molecule has 0 bridgehead atoms. The number of benzene rings is 1. The largest absolute Gasteiger partial charge is 0.490 e. The number of carbonyl (C=O) groups is 1. The summed E-state index contributed by atoms with van der Waals surface area (Å²) in [7, 11) is 1.32. The van der Waals surface area contributed by atoms with E-state index in [1.165, 1.54) is 25.3 Å². The van der Waals surface area contributed by atoms with Gasteiger partial charge in [0.15, 0.2) is 5.75 Å². The Labute approximate surface area is 92.4 Å². The first-order valence-electron chi connectivity index (χ1n) is 4.70. The quantitative estimate of drug-likeness (QED) is 0.618. The maximum absolute atomic E-state index is 11.5. The SMILES string of the molecule is CCNC(=O)c1ccc([N+](=O)[O-])c(OC)c1. The van der Waals surface area contributed by atoms with Crippen LogP contribution in [-0.4, -0.2) is 24.5 Å². The van der Waals surface area contributed by atoms with Crippen LogP contribution in [0, 0.1) is 10.1 Å². The fourth-order valence-electron chi connectivity index (χ4n) is 1.23. The molecule has 6 nitrogen and oxygen atoms in total. The molecular formula is C10H12N2O4. The number of hydrogen-bond acceptors (Lipinski definition) is 4. The highest BCUT2D eigenvalue weighted by Gasteiger charge is 2.16. The van der Waals surface area contributed by atoms with Gasteiger partial charge in [-0.2, -0.15) is 0 Å². The minimum Gasteiger partial charge on any atom is -0.490 e. The van der Waals surface area contributed by atoms with E-state index in [9.17, 15) is 14.9 Å². The number of nitrogens with one attached hydrogen (secondary N) is 1. The zero-order valence-electron chi connectivity index (χ0n) is 9.02. The number of hydrogen-bond donors (Lipinski definition) is 1. The standard InChI is InChI=1S/C10H12N2O4/c1-3-11-10(13)7-4-5-8(12(14)15)9(6-7)16-2/h4-6H,3H2,1-2H3,(H,11,13). The highest BCUT2D eigenvalue weighted by atomic mass is 16.6. The van der Waals surface area contributed by atoms with E-state index in [1.54, 1.807) is 6.92 Å². The number of nitro groups is 1. The first-order chi connectivity index (χ1) is 7.60. The summed E-state index contributed by atoms with van der Waals surface area (Å²) >= 11 is 0. The molecule has 6 heteroatoms. The van der Waals surface area contributed by atoms with Crippen LogP contribution in [0.4, 0.5) is 5.69 Å². The molecule has 16 heavy (non-hydrogen) atoms. The maximum atomic E-state index is 11.5. The molecule has 0 aliphatic rings. The summed E-state index contributed by atoms with van der Waals surface area (Å²) in [5.74, 6) is -0.204. The van der Waals surface area contributed by atoms with Gasteiger partial charge in [-0.15, -0.1) is 0 Å². The predicted molar refractivity (Wildman–Crippen MR) is 57.7 cm³/mol. The highest BCUT2D eigenvalue weighted by Crippen LogP contribution is 2.27. The van der Waals surface area contributed by atoms with Crippen molar-refractivity contribution in [1.82, 2.24) is 5.32 Å². The second-order valence-corrected chi connectivity index (χ2v) is 3.00. The molecule has 1 aromatic rings. The van der Waals surface area contributed by atoms with E-state index >= 15 is 0 Å². The molecule has 1 N–H and O–H groups in total. The van der Waals surface area contributed by atoms with Crippen molar-refractivity contribution in [3.05, 3.63) is 33.9 Å². The van der Waals surface area contributed by atoms with Crippen LogP contribution in [0.2, 0.25) is 0 Å². The Hall–Kier alpha value is -2.11. The zero-order chi connectivity index (χ0) is 12.1. The molecule has 0 aliphatic heterocycles. The van der Waals surface area contributed by atoms with Crippen molar-refractivity contribution < 1.29 is 14.5 Å². The normalized spacial score (nSPS) is 9.62. The Morgan fingerprint density at radius 1 is 1.56 bits per heavy atom. The van der Waals surface area contributed by atoms with Gasteiger partial charge in [0.2, 0.25) is 0 Å². The lowest BCUT2D eigenvalue weighted by Crippen LogP contribution is -2.22. The van der Waals surface area contributed by atoms with Crippen molar-refractivity contribution in [2.24, 2.45) is 0 Å². The molecule has 0 saturated carbocycles. The minimum atomic E-state index is -0.555. The Kier molecular flexibility index (Phi) is 3.82. The second-order valence-electron chi connectivity index (χ2n) is 3.00. The maximum Gasteiger partial charge on any atom is 0.310 e. The van der Waals surface area contributed by atoms with Gasteiger partial charge in [-0.05, 0) is 13.0 Å². The van der Waals surface area contributed by atoms with Gasteiger partial charge in [0.1, 0.15) is 0 Å². The molecule has 0 aliphatic carbocycles. The average molecular weight is 224 g/mol. The monoisotopic (exact) mass is 224 g/mol. The van der Waals surface area contributed by atoms with Gasteiger partial charge in [-0.1, -0.05) is 0 Å². The number of ether oxygens (including phenoxy) is 1. The van der Waals surface area contributed by atoms with E-state index in [-0.39, 0.29) is 17.3 Å². The van der Waals surface area contributed by atoms with Crippen LogP contribution in [0.3, 0.4) is 0 Å². The summed E-state index contributed by atoms with van der Waals surface area (Å²) in [6, 6.07) is 4.00. The second kappa shape index (κ2) is 5.11. The number of amides is 1. The van der Waals surface area contributed by atoms with Crippen molar-refractivity contribution in [3.63, 3.8) is 0 Å². The van der Waals surface area contributed by atoms with Crippen molar-refractivity contribution in [1.29, 1.82) is 0 Å². The van der Waals surface area contributed by atoms with Crippen LogP contribution >= 0.6 is 0 Å². The summed E-state index contributed by atoms with van der Waals surface area (Å²) < 4.78 is 4.85. The van der Waals surface area contributed by atoms with Crippen molar-refractivity contribution in [2.75, 3.05) is 13.7 Å². The molecule has 0 radical (unpaired) electrons. The molecule has 0 atom stereocenters. The summed E-state index contributed by atoms with van der Waals surface area (Å²) in [4.78, 5) is 21.5. The lowest BCUT2D eigenvalue weighted by Gasteiger charge is -2.05. The first kappa shape index (κ1) is 12.0. The minimum absolute atomic E-state index is 0.0775. The van der Waals surface area contributed by atoms with E-state index in [1.807, 2.05) is 0 Å². The molecule has 0 saturated heterocycles. The van der Waals surface area contributed by atoms with Gasteiger partial charge in [-0.3, -0.25) is 14.9 Å². The summed E-state index contributed by atoms with van der Waals surface area (Å²) in [6.07, 6.45) is 0. The Morgan fingerprint density at radius 3 is 2.75 bits per heavy atom. The molecular weight excluding hydrogens is 212 g/mol. The topological polar surface area (TPSA) is 81.5 Å². The van der Waals surface area contributed by atoms with Crippen molar-refractivity contribution >= 4 is 11.6 Å². The van der Waals surface area contributed by atoms with E-state index in [0.717, 1.165) is 0 Å². The number of carbonyl (C=O) groups excluding carboxylic acids is 1. The van der Waals surface area contributed by atoms with Crippen LogP contribution in [0.15, 0.2) is 18.2 Å². The van der Waals surface area contributed by atoms with Gasteiger partial charge in [0.25, 0.3) is 5.91 Å². The van der Waals surface area contributed by atoms with Gasteiger partial charge in [0, 0.05) is 24.2 Å². The summed E-state index contributed by atoms with van der Waals surface area (Å²) in [5.41, 5.74) is 0.180. The number of nitro benzene ring substituents is 1. The summed E-state index contributed by atoms with van der Waals surface area (Å²) in [6.45, 7) is 2.29. The fraction of sp³-hybridized carbons (Fsp3) is 0.300. The number of nitrogens with zero attached hydrogens (tertiary/aromatic N) is 1. The van der Waals surface area contributed by atoms with Crippen LogP contribution in [0.25, 0.3) is 0 Å². The fourth-order valence-corrected chi connectivity index (χ4v) is 1.23. The van der Waals surface area contributed by atoms with E-state index in [2.05, 4.69) is 5.32 Å². The molecule has 1 rings (SSSR count). The van der Waals surface area contributed by atoms with Gasteiger partial charge < -0.3 is 10.1 Å². The zero-order valence-corrected chi connectivity index (χ0v) is 9.02. The van der Waals surface area contributed by atoms with Gasteiger partial charge in [0.05, 0.1) is 12.0 Å². The molecule has 0 fully saturated rings. The van der Waals surface area contributed by atoms with Gasteiger partial charge >= 0.3 is 5.69 Å². The highest BCUT2D eigenvalue weighted by molar-refractivity contribution is 5.95. The Balaban J connectivity index is 3.08. The molecule has 0 unspecified atom stereocenters.